The van der Waals surface area contributed by atoms with Crippen LogP contribution in [0.4, 0.5) is 0 Å². The summed E-state index contributed by atoms with van der Waals surface area (Å²) < 4.78 is 0. The maximum atomic E-state index is 10.8. The fourth-order valence-electron chi connectivity index (χ4n) is 4.68. The summed E-state index contributed by atoms with van der Waals surface area (Å²) in [7, 11) is 0. The number of aliphatic hydroxyl groups excluding tert-OH is 2. The van der Waals surface area contributed by atoms with Crippen molar-refractivity contribution in [3.05, 3.63) is 47.5 Å². The van der Waals surface area contributed by atoms with Crippen LogP contribution in [0.5, 0.6) is 0 Å². The predicted octanol–water partition coefficient (Wildman–Crippen LogP) is 2.60. The lowest BCUT2D eigenvalue weighted by Crippen LogP contribution is -2.44. The minimum absolute atomic E-state index is 0.164. The second-order valence-electron chi connectivity index (χ2n) is 6.26. The van der Waals surface area contributed by atoms with Gasteiger partial charge in [-0.1, -0.05) is 43.3 Å². The summed E-state index contributed by atoms with van der Waals surface area (Å²) in [6, 6.07) is 7.81. The van der Waals surface area contributed by atoms with Crippen LogP contribution < -0.4 is 0 Å². The molecule has 3 aliphatic carbocycles. The zero-order valence-electron chi connectivity index (χ0n) is 10.5. The van der Waals surface area contributed by atoms with E-state index < -0.39 is 12.2 Å². The summed E-state index contributed by atoms with van der Waals surface area (Å²) in [4.78, 5) is 0. The molecule has 4 rings (SSSR count). The van der Waals surface area contributed by atoms with Gasteiger partial charge < -0.3 is 10.2 Å². The summed E-state index contributed by atoms with van der Waals surface area (Å²) in [6.45, 7) is 2.15. The second-order valence-corrected chi connectivity index (χ2v) is 6.26. The molecule has 0 saturated heterocycles. The summed E-state index contributed by atoms with van der Waals surface area (Å²) in [6.07, 6.45) is 4.67. The molecule has 3 aliphatic rings. The molecule has 0 radical (unpaired) electrons. The van der Waals surface area contributed by atoms with Crippen molar-refractivity contribution in [3.63, 3.8) is 0 Å². The maximum absolute atomic E-state index is 10.8. The number of fused-ring (bicyclic) bond motifs is 6. The molecule has 1 aromatic rings. The van der Waals surface area contributed by atoms with Crippen molar-refractivity contribution in [2.75, 3.05) is 0 Å². The molecular formula is C16H18O2. The quantitative estimate of drug-likeness (QED) is 0.686. The highest BCUT2D eigenvalue weighted by Crippen LogP contribution is 2.67. The molecule has 2 nitrogen and oxygen atoms in total. The monoisotopic (exact) mass is 242 g/mol. The van der Waals surface area contributed by atoms with Gasteiger partial charge in [-0.25, -0.2) is 0 Å². The predicted molar refractivity (Wildman–Crippen MR) is 68.7 cm³/mol. The van der Waals surface area contributed by atoms with E-state index in [9.17, 15) is 10.2 Å². The topological polar surface area (TPSA) is 40.5 Å². The van der Waals surface area contributed by atoms with Gasteiger partial charge >= 0.3 is 0 Å². The molecular weight excluding hydrogens is 224 g/mol. The lowest BCUT2D eigenvalue weighted by Gasteiger charge is -2.49. The zero-order valence-corrected chi connectivity index (χ0v) is 10.5. The highest BCUT2D eigenvalue weighted by atomic mass is 16.3. The van der Waals surface area contributed by atoms with Crippen LogP contribution in [0.1, 0.15) is 36.7 Å². The van der Waals surface area contributed by atoms with Gasteiger partial charge in [0, 0.05) is 11.3 Å². The summed E-state index contributed by atoms with van der Waals surface area (Å²) in [5, 5.41) is 21.5. The fraction of sp³-hybridized carbons (Fsp3) is 0.500. The molecule has 18 heavy (non-hydrogen) atoms. The Bertz CT molecular complexity index is 536. The van der Waals surface area contributed by atoms with Crippen LogP contribution in [0.25, 0.3) is 0 Å². The Hall–Kier alpha value is -1.12. The van der Waals surface area contributed by atoms with Crippen LogP contribution in [0.2, 0.25) is 0 Å². The van der Waals surface area contributed by atoms with E-state index in [2.05, 4.69) is 19.1 Å². The minimum atomic E-state index is -0.456. The van der Waals surface area contributed by atoms with Crippen molar-refractivity contribution < 1.29 is 10.2 Å². The van der Waals surface area contributed by atoms with Gasteiger partial charge in [-0.05, 0) is 29.4 Å². The number of rotatable bonds is 0. The van der Waals surface area contributed by atoms with Crippen molar-refractivity contribution in [2.24, 2.45) is 23.2 Å². The Labute approximate surface area is 107 Å². The first-order valence-electron chi connectivity index (χ1n) is 6.77. The van der Waals surface area contributed by atoms with Crippen molar-refractivity contribution >= 4 is 0 Å². The van der Waals surface area contributed by atoms with Crippen LogP contribution in [0.15, 0.2) is 36.4 Å². The van der Waals surface area contributed by atoms with Gasteiger partial charge in [0.1, 0.15) is 0 Å². The van der Waals surface area contributed by atoms with Gasteiger partial charge in [-0.3, -0.25) is 0 Å². The average molecular weight is 242 g/mol. The van der Waals surface area contributed by atoms with E-state index in [0.717, 1.165) is 17.5 Å². The Morgan fingerprint density at radius 1 is 1.11 bits per heavy atom. The van der Waals surface area contributed by atoms with E-state index in [0.29, 0.717) is 11.8 Å². The van der Waals surface area contributed by atoms with Crippen LogP contribution in [0.3, 0.4) is 0 Å². The third kappa shape index (κ3) is 1.03. The van der Waals surface area contributed by atoms with Gasteiger partial charge in [-0.2, -0.15) is 0 Å². The first-order chi connectivity index (χ1) is 8.64. The largest absolute Gasteiger partial charge is 0.388 e. The SMILES string of the molecule is C[C@@]12C3C=CC(C3)C1C(O)c1ccccc1C2O. The molecule has 0 heterocycles. The molecule has 1 saturated carbocycles. The highest BCUT2D eigenvalue weighted by molar-refractivity contribution is 5.40. The first kappa shape index (κ1) is 10.8. The molecule has 2 N–H and O–H groups in total. The van der Waals surface area contributed by atoms with E-state index >= 15 is 0 Å². The van der Waals surface area contributed by atoms with E-state index in [1.807, 2.05) is 24.3 Å². The van der Waals surface area contributed by atoms with Crippen LogP contribution >= 0.6 is 0 Å². The number of benzene rings is 1. The molecule has 94 valence electrons. The number of allylic oxidation sites excluding steroid dienone is 2. The standard InChI is InChI=1S/C16H18O2/c1-16-10-7-6-9(8-10)13(16)14(17)11-4-2-3-5-12(11)15(16)18/h2-7,9-10,13-15,17-18H,8H2,1H3/t9?,10?,13?,14?,15?,16-/m1/s1. The average Bonchev–Trinajstić information content (AvgIpc) is 2.96. The molecule has 0 amide bonds. The molecule has 0 spiro atoms. The molecule has 6 atom stereocenters. The van der Waals surface area contributed by atoms with Crippen molar-refractivity contribution in [1.29, 1.82) is 0 Å². The molecule has 2 bridgehead atoms. The van der Waals surface area contributed by atoms with Crippen LogP contribution in [-0.2, 0) is 0 Å². The Balaban J connectivity index is 1.94. The van der Waals surface area contributed by atoms with Gasteiger partial charge in [-0.15, -0.1) is 0 Å². The highest BCUT2D eigenvalue weighted by Gasteiger charge is 2.61. The molecule has 5 unspecified atom stereocenters. The Morgan fingerprint density at radius 3 is 2.61 bits per heavy atom. The number of aliphatic hydroxyl groups is 2. The third-order valence-corrected chi connectivity index (χ3v) is 5.63. The lowest BCUT2D eigenvalue weighted by atomic mass is 9.58. The van der Waals surface area contributed by atoms with Crippen LogP contribution in [0, 0.1) is 23.2 Å². The molecule has 1 aromatic carbocycles. The third-order valence-electron chi connectivity index (χ3n) is 5.63. The van der Waals surface area contributed by atoms with Crippen molar-refractivity contribution in [1.82, 2.24) is 0 Å². The maximum Gasteiger partial charge on any atom is 0.0856 e. The van der Waals surface area contributed by atoms with Crippen LogP contribution in [-0.4, -0.2) is 10.2 Å². The van der Waals surface area contributed by atoms with Gasteiger partial charge in [0.05, 0.1) is 12.2 Å². The minimum Gasteiger partial charge on any atom is -0.388 e. The van der Waals surface area contributed by atoms with E-state index in [1.54, 1.807) is 0 Å². The molecule has 0 aromatic heterocycles. The fourth-order valence-corrected chi connectivity index (χ4v) is 4.68. The number of hydrogen-bond acceptors (Lipinski definition) is 2. The summed E-state index contributed by atoms with van der Waals surface area (Å²) >= 11 is 0. The first-order valence-corrected chi connectivity index (χ1v) is 6.77. The van der Waals surface area contributed by atoms with Gasteiger partial charge in [0.15, 0.2) is 0 Å². The van der Waals surface area contributed by atoms with E-state index in [1.165, 1.54) is 0 Å². The molecule has 2 heteroatoms. The van der Waals surface area contributed by atoms with Crippen molar-refractivity contribution in [3.8, 4) is 0 Å². The normalized spacial score (nSPS) is 48.1. The summed E-state index contributed by atoms with van der Waals surface area (Å²) in [5.74, 6) is 1.00. The zero-order chi connectivity index (χ0) is 12.5. The smallest absolute Gasteiger partial charge is 0.0856 e. The Kier molecular flexibility index (Phi) is 1.95. The molecule has 1 fully saturated rings. The second kappa shape index (κ2) is 3.25. The van der Waals surface area contributed by atoms with Crippen molar-refractivity contribution in [2.45, 2.75) is 25.6 Å². The van der Waals surface area contributed by atoms with Gasteiger partial charge in [0.25, 0.3) is 0 Å². The van der Waals surface area contributed by atoms with E-state index in [4.69, 9.17) is 0 Å². The Morgan fingerprint density at radius 2 is 1.83 bits per heavy atom. The van der Waals surface area contributed by atoms with Gasteiger partial charge in [0.2, 0.25) is 0 Å². The molecule has 0 aliphatic heterocycles. The lowest BCUT2D eigenvalue weighted by molar-refractivity contribution is -0.0853. The summed E-state index contributed by atoms with van der Waals surface area (Å²) in [5.41, 5.74) is 1.64. The number of hydrogen-bond donors (Lipinski definition) is 2. The van der Waals surface area contributed by atoms with E-state index in [-0.39, 0.29) is 11.3 Å².